The van der Waals surface area contributed by atoms with E-state index in [1.807, 2.05) is 6.92 Å². The van der Waals surface area contributed by atoms with Gasteiger partial charge < -0.3 is 16.3 Å². The molecule has 16 heavy (non-hydrogen) atoms. The van der Waals surface area contributed by atoms with Crippen molar-refractivity contribution in [3.63, 3.8) is 0 Å². The minimum Gasteiger partial charge on any atom is -0.409 e. The Kier molecular flexibility index (Phi) is 4.54. The smallest absolute Gasteiger partial charge is 0.147 e. The molecule has 1 aromatic rings. The first-order valence-electron chi connectivity index (χ1n) is 4.71. The highest BCUT2D eigenvalue weighted by Gasteiger charge is 2.10. The van der Waals surface area contributed by atoms with Gasteiger partial charge in [0.25, 0.3) is 0 Å². The van der Waals surface area contributed by atoms with Gasteiger partial charge in [-0.3, -0.25) is 0 Å². The first-order chi connectivity index (χ1) is 7.54. The van der Waals surface area contributed by atoms with Crippen LogP contribution >= 0.6 is 15.9 Å². The first kappa shape index (κ1) is 12.8. The van der Waals surface area contributed by atoms with Crippen molar-refractivity contribution in [3.05, 3.63) is 28.5 Å². The monoisotopic (exact) mass is 289 g/mol. The van der Waals surface area contributed by atoms with Crippen LogP contribution in [-0.4, -0.2) is 17.1 Å². The predicted molar refractivity (Wildman–Crippen MR) is 65.2 cm³/mol. The zero-order valence-electron chi connectivity index (χ0n) is 8.74. The third-order valence-electron chi connectivity index (χ3n) is 2.00. The fourth-order valence-corrected chi connectivity index (χ4v) is 1.74. The van der Waals surface area contributed by atoms with E-state index >= 15 is 0 Å². The summed E-state index contributed by atoms with van der Waals surface area (Å²) >= 11 is 3.25. The summed E-state index contributed by atoms with van der Waals surface area (Å²) in [4.78, 5) is 0. The minimum absolute atomic E-state index is 0.104. The number of nitrogens with one attached hydrogen (secondary N) is 1. The lowest BCUT2D eigenvalue weighted by atomic mass is 10.2. The number of anilines is 1. The molecule has 4 N–H and O–H groups in total. The van der Waals surface area contributed by atoms with Crippen LogP contribution in [0.15, 0.2) is 27.8 Å². The molecule has 0 radical (unpaired) electrons. The van der Waals surface area contributed by atoms with Crippen molar-refractivity contribution in [2.45, 2.75) is 19.4 Å². The van der Waals surface area contributed by atoms with Crippen molar-refractivity contribution in [3.8, 4) is 0 Å². The third kappa shape index (κ3) is 3.37. The summed E-state index contributed by atoms with van der Waals surface area (Å²) < 4.78 is 14.1. The Morgan fingerprint density at radius 3 is 2.94 bits per heavy atom. The molecule has 0 heterocycles. The Morgan fingerprint density at radius 1 is 1.69 bits per heavy atom. The topological polar surface area (TPSA) is 70.6 Å². The van der Waals surface area contributed by atoms with Gasteiger partial charge in [0.1, 0.15) is 11.7 Å². The summed E-state index contributed by atoms with van der Waals surface area (Å²) in [6.45, 7) is 1.82. The molecule has 1 unspecified atom stereocenters. The molecule has 0 saturated heterocycles. The lowest BCUT2D eigenvalue weighted by Gasteiger charge is -2.16. The fraction of sp³-hybridized carbons (Fsp3) is 0.300. The van der Waals surface area contributed by atoms with Crippen LogP contribution in [0, 0.1) is 5.82 Å². The number of hydrogen-bond donors (Lipinski definition) is 3. The number of hydrogen-bond acceptors (Lipinski definition) is 3. The molecular formula is C10H13BrFN3O. The number of amidine groups is 1. The summed E-state index contributed by atoms with van der Waals surface area (Å²) in [6.07, 6.45) is 0.331. The number of oxime groups is 1. The average molecular weight is 290 g/mol. The molecular weight excluding hydrogens is 277 g/mol. The Balaban J connectivity index is 2.73. The van der Waals surface area contributed by atoms with Crippen molar-refractivity contribution in [2.75, 3.05) is 5.32 Å². The van der Waals surface area contributed by atoms with Gasteiger partial charge in [-0.25, -0.2) is 4.39 Å². The molecule has 0 fully saturated rings. The molecule has 1 rings (SSSR count). The second-order valence-corrected chi connectivity index (χ2v) is 4.29. The zero-order valence-corrected chi connectivity index (χ0v) is 10.3. The van der Waals surface area contributed by atoms with Crippen molar-refractivity contribution < 1.29 is 9.60 Å². The number of para-hydroxylation sites is 1. The normalized spacial score (nSPS) is 13.6. The summed E-state index contributed by atoms with van der Waals surface area (Å²) in [5, 5.41) is 14.2. The molecule has 0 bridgehead atoms. The molecule has 4 nitrogen and oxygen atoms in total. The molecule has 0 amide bonds. The number of halogens is 2. The standard InChI is InChI=1S/C10H13BrFN3O/c1-6(5-9(13)15-16)14-10-7(11)3-2-4-8(10)12/h2-4,6,14,16H,5H2,1H3,(H2,13,15). The Bertz CT molecular complexity index is 377. The van der Waals surface area contributed by atoms with Crippen LogP contribution in [0.1, 0.15) is 13.3 Å². The highest BCUT2D eigenvalue weighted by molar-refractivity contribution is 9.10. The molecule has 0 aliphatic rings. The maximum absolute atomic E-state index is 13.4. The van der Waals surface area contributed by atoms with Crippen LogP contribution in [0.25, 0.3) is 0 Å². The second-order valence-electron chi connectivity index (χ2n) is 3.44. The molecule has 1 aromatic carbocycles. The van der Waals surface area contributed by atoms with Gasteiger partial charge in [-0.05, 0) is 35.0 Å². The van der Waals surface area contributed by atoms with Crippen LogP contribution in [0.3, 0.4) is 0 Å². The molecule has 0 aliphatic carbocycles. The van der Waals surface area contributed by atoms with Gasteiger partial charge >= 0.3 is 0 Å². The van der Waals surface area contributed by atoms with Crippen LogP contribution in [0.5, 0.6) is 0 Å². The van der Waals surface area contributed by atoms with E-state index in [4.69, 9.17) is 10.9 Å². The van der Waals surface area contributed by atoms with E-state index in [2.05, 4.69) is 26.4 Å². The lowest BCUT2D eigenvalue weighted by Crippen LogP contribution is -2.24. The minimum atomic E-state index is -0.347. The maximum atomic E-state index is 13.4. The Labute approximate surface area is 101 Å². The third-order valence-corrected chi connectivity index (χ3v) is 2.66. The van der Waals surface area contributed by atoms with Gasteiger partial charge in [-0.1, -0.05) is 11.2 Å². The van der Waals surface area contributed by atoms with Gasteiger partial charge in [0, 0.05) is 16.9 Å². The van der Waals surface area contributed by atoms with E-state index in [1.54, 1.807) is 12.1 Å². The molecule has 1 atom stereocenters. The first-order valence-corrected chi connectivity index (χ1v) is 5.51. The van der Waals surface area contributed by atoms with Crippen molar-refractivity contribution in [2.24, 2.45) is 10.9 Å². The summed E-state index contributed by atoms with van der Waals surface area (Å²) in [5.41, 5.74) is 5.73. The van der Waals surface area contributed by atoms with E-state index in [9.17, 15) is 4.39 Å². The van der Waals surface area contributed by atoms with Gasteiger partial charge in [0.05, 0.1) is 5.69 Å². The average Bonchev–Trinajstić information content (AvgIpc) is 2.23. The SMILES string of the molecule is CC(C/C(N)=N/O)Nc1c(F)cccc1Br. The van der Waals surface area contributed by atoms with E-state index in [0.717, 1.165) is 0 Å². The molecule has 6 heteroatoms. The van der Waals surface area contributed by atoms with Gasteiger partial charge in [0.2, 0.25) is 0 Å². The largest absolute Gasteiger partial charge is 0.409 e. The zero-order chi connectivity index (χ0) is 12.1. The highest BCUT2D eigenvalue weighted by atomic mass is 79.9. The van der Waals surface area contributed by atoms with Crippen molar-refractivity contribution in [1.29, 1.82) is 0 Å². The van der Waals surface area contributed by atoms with Crippen LogP contribution in [0.4, 0.5) is 10.1 Å². The van der Waals surface area contributed by atoms with Crippen molar-refractivity contribution in [1.82, 2.24) is 0 Å². The lowest BCUT2D eigenvalue weighted by molar-refractivity contribution is 0.316. The Hall–Kier alpha value is -1.30. The van der Waals surface area contributed by atoms with E-state index in [0.29, 0.717) is 16.6 Å². The van der Waals surface area contributed by atoms with E-state index < -0.39 is 0 Å². The summed E-state index contributed by atoms with van der Waals surface area (Å²) in [6, 6.07) is 4.58. The fourth-order valence-electron chi connectivity index (χ4n) is 1.29. The maximum Gasteiger partial charge on any atom is 0.147 e. The number of nitrogens with zero attached hydrogens (tertiary/aromatic N) is 1. The predicted octanol–water partition coefficient (Wildman–Crippen LogP) is 2.53. The quantitative estimate of drug-likeness (QED) is 0.345. The van der Waals surface area contributed by atoms with Gasteiger partial charge in [-0.2, -0.15) is 0 Å². The second kappa shape index (κ2) is 5.69. The number of benzene rings is 1. The number of nitrogens with two attached hydrogens (primary N) is 1. The molecule has 0 aliphatic heterocycles. The molecule has 0 saturated carbocycles. The van der Waals surface area contributed by atoms with Crippen LogP contribution in [-0.2, 0) is 0 Å². The van der Waals surface area contributed by atoms with E-state index in [-0.39, 0.29) is 17.7 Å². The molecule has 0 spiro atoms. The Morgan fingerprint density at radius 2 is 2.38 bits per heavy atom. The van der Waals surface area contributed by atoms with E-state index in [1.165, 1.54) is 6.07 Å². The molecule has 88 valence electrons. The van der Waals surface area contributed by atoms with Gasteiger partial charge in [-0.15, -0.1) is 0 Å². The van der Waals surface area contributed by atoms with Crippen LogP contribution in [0.2, 0.25) is 0 Å². The molecule has 0 aromatic heterocycles. The highest BCUT2D eigenvalue weighted by Crippen LogP contribution is 2.26. The summed E-state index contributed by atoms with van der Waals surface area (Å²) in [7, 11) is 0. The van der Waals surface area contributed by atoms with Crippen molar-refractivity contribution >= 4 is 27.5 Å². The van der Waals surface area contributed by atoms with Gasteiger partial charge in [0.15, 0.2) is 0 Å². The number of rotatable bonds is 4. The van der Waals surface area contributed by atoms with Crippen LogP contribution < -0.4 is 11.1 Å². The summed E-state index contributed by atoms with van der Waals surface area (Å²) in [5.74, 6) is -0.242.